The fourth-order valence-corrected chi connectivity index (χ4v) is 2.53. The number of rotatable bonds is 5. The van der Waals surface area contributed by atoms with E-state index in [-0.39, 0.29) is 23.9 Å². The fraction of sp³-hybridized carbons (Fsp3) is 0.421. The molecule has 2 amide bonds. The Morgan fingerprint density at radius 1 is 1.16 bits per heavy atom. The highest BCUT2D eigenvalue weighted by atomic mass is 16.2. The number of aryl methyl sites for hydroxylation is 1. The van der Waals surface area contributed by atoms with Crippen molar-refractivity contribution in [2.24, 2.45) is 0 Å². The van der Waals surface area contributed by atoms with Crippen LogP contribution in [0.25, 0.3) is 5.69 Å². The van der Waals surface area contributed by atoms with Gasteiger partial charge in [-0.15, -0.1) is 0 Å². The smallest absolute Gasteiger partial charge is 0.255 e. The first-order valence-electron chi connectivity index (χ1n) is 8.44. The van der Waals surface area contributed by atoms with Crippen molar-refractivity contribution >= 4 is 11.8 Å². The zero-order valence-electron chi connectivity index (χ0n) is 15.5. The normalized spacial score (nSPS) is 11.2. The third-order valence-corrected chi connectivity index (χ3v) is 3.65. The molecule has 0 saturated heterocycles. The molecule has 0 atom stereocenters. The maximum Gasteiger partial charge on any atom is 0.255 e. The predicted molar refractivity (Wildman–Crippen MR) is 97.9 cm³/mol. The number of aromatic nitrogens is 2. The van der Waals surface area contributed by atoms with Crippen molar-refractivity contribution in [3.63, 3.8) is 0 Å². The summed E-state index contributed by atoms with van der Waals surface area (Å²) in [7, 11) is 0. The van der Waals surface area contributed by atoms with Crippen LogP contribution in [-0.2, 0) is 11.2 Å². The van der Waals surface area contributed by atoms with Gasteiger partial charge in [0.1, 0.15) is 0 Å². The number of carbonyl (C=O) groups excluding carboxylic acids is 2. The second kappa shape index (κ2) is 7.51. The van der Waals surface area contributed by atoms with Crippen molar-refractivity contribution < 1.29 is 9.59 Å². The van der Waals surface area contributed by atoms with Crippen LogP contribution in [0, 0.1) is 6.92 Å². The van der Waals surface area contributed by atoms with Gasteiger partial charge in [0.2, 0.25) is 5.91 Å². The molecule has 2 aromatic rings. The Labute approximate surface area is 148 Å². The molecule has 0 bridgehead atoms. The van der Waals surface area contributed by atoms with Gasteiger partial charge < -0.3 is 10.6 Å². The first-order valence-corrected chi connectivity index (χ1v) is 8.44. The van der Waals surface area contributed by atoms with Gasteiger partial charge in [-0.1, -0.05) is 24.6 Å². The second-order valence-electron chi connectivity index (χ2n) is 7.09. The summed E-state index contributed by atoms with van der Waals surface area (Å²) in [6, 6.07) is 7.96. The summed E-state index contributed by atoms with van der Waals surface area (Å²) < 4.78 is 1.77. The molecule has 2 rings (SSSR count). The molecular weight excluding hydrogens is 316 g/mol. The molecular formula is C19H26N4O2. The molecule has 0 unspecified atom stereocenters. The Morgan fingerprint density at radius 2 is 1.80 bits per heavy atom. The molecule has 2 N–H and O–H groups in total. The van der Waals surface area contributed by atoms with E-state index in [1.807, 2.05) is 58.9 Å². The van der Waals surface area contributed by atoms with Crippen molar-refractivity contribution in [3.8, 4) is 5.69 Å². The molecule has 6 nitrogen and oxygen atoms in total. The average Bonchev–Trinajstić information content (AvgIpc) is 2.95. The lowest BCUT2D eigenvalue weighted by Gasteiger charge is -2.20. The summed E-state index contributed by atoms with van der Waals surface area (Å²) in [5.74, 6) is -0.510. The lowest BCUT2D eigenvalue weighted by molar-refractivity contribution is -0.121. The standard InChI is InChI=1S/C19H26N4O2/c1-6-16-15(18(25)20-12-17(24)22-19(3,4)5)11-21-23(16)14-9-7-13(2)8-10-14/h7-11H,6,12H2,1-5H3,(H,20,25)(H,22,24). The first-order chi connectivity index (χ1) is 11.7. The zero-order chi connectivity index (χ0) is 18.6. The van der Waals surface area contributed by atoms with Crippen LogP contribution >= 0.6 is 0 Å². The van der Waals surface area contributed by atoms with E-state index in [9.17, 15) is 9.59 Å². The third kappa shape index (κ3) is 4.92. The molecule has 0 aliphatic rings. The minimum Gasteiger partial charge on any atom is -0.350 e. The molecule has 134 valence electrons. The van der Waals surface area contributed by atoms with Crippen LogP contribution in [-0.4, -0.2) is 33.7 Å². The molecule has 0 fully saturated rings. The largest absolute Gasteiger partial charge is 0.350 e. The first kappa shape index (κ1) is 18.7. The monoisotopic (exact) mass is 342 g/mol. The van der Waals surface area contributed by atoms with Crippen LogP contribution in [0.5, 0.6) is 0 Å². The van der Waals surface area contributed by atoms with Gasteiger partial charge >= 0.3 is 0 Å². The number of hydrogen-bond acceptors (Lipinski definition) is 3. The van der Waals surface area contributed by atoms with Crippen molar-refractivity contribution in [3.05, 3.63) is 47.3 Å². The van der Waals surface area contributed by atoms with Gasteiger partial charge in [-0.05, 0) is 46.2 Å². The van der Waals surface area contributed by atoms with E-state index in [1.54, 1.807) is 10.9 Å². The summed E-state index contributed by atoms with van der Waals surface area (Å²) in [5.41, 5.74) is 3.06. The maximum absolute atomic E-state index is 12.4. The highest BCUT2D eigenvalue weighted by Gasteiger charge is 2.19. The van der Waals surface area contributed by atoms with Crippen LogP contribution in [0.4, 0.5) is 0 Å². The predicted octanol–water partition coefficient (Wildman–Crippen LogP) is 2.39. The summed E-state index contributed by atoms with van der Waals surface area (Å²) >= 11 is 0. The van der Waals surface area contributed by atoms with E-state index in [2.05, 4.69) is 15.7 Å². The summed E-state index contributed by atoms with van der Waals surface area (Å²) in [5, 5.41) is 9.83. The Morgan fingerprint density at radius 3 is 2.36 bits per heavy atom. The van der Waals surface area contributed by atoms with Gasteiger partial charge in [0.25, 0.3) is 5.91 Å². The quantitative estimate of drug-likeness (QED) is 0.876. The van der Waals surface area contributed by atoms with E-state index in [0.717, 1.165) is 16.9 Å². The minimum atomic E-state index is -0.327. The van der Waals surface area contributed by atoms with Crippen molar-refractivity contribution in [1.29, 1.82) is 0 Å². The SMILES string of the molecule is CCc1c(C(=O)NCC(=O)NC(C)(C)C)cnn1-c1ccc(C)cc1. The van der Waals surface area contributed by atoms with Crippen molar-refractivity contribution in [1.82, 2.24) is 20.4 Å². The maximum atomic E-state index is 12.4. The molecule has 6 heteroatoms. The van der Waals surface area contributed by atoms with E-state index >= 15 is 0 Å². The number of amides is 2. The highest BCUT2D eigenvalue weighted by Crippen LogP contribution is 2.16. The van der Waals surface area contributed by atoms with Gasteiger partial charge in [0.15, 0.2) is 0 Å². The van der Waals surface area contributed by atoms with E-state index in [1.165, 1.54) is 0 Å². The number of carbonyl (C=O) groups is 2. The molecule has 0 spiro atoms. The molecule has 0 saturated carbocycles. The van der Waals surface area contributed by atoms with E-state index < -0.39 is 0 Å². The van der Waals surface area contributed by atoms with Crippen LogP contribution in [0.2, 0.25) is 0 Å². The summed E-state index contributed by atoms with van der Waals surface area (Å²) in [6.07, 6.45) is 2.21. The third-order valence-electron chi connectivity index (χ3n) is 3.65. The summed E-state index contributed by atoms with van der Waals surface area (Å²) in [4.78, 5) is 24.3. The van der Waals surface area contributed by atoms with Crippen molar-refractivity contribution in [2.75, 3.05) is 6.54 Å². The van der Waals surface area contributed by atoms with Gasteiger partial charge in [-0.2, -0.15) is 5.10 Å². The molecule has 0 aliphatic carbocycles. The van der Waals surface area contributed by atoms with Gasteiger partial charge in [-0.3, -0.25) is 9.59 Å². The molecule has 0 radical (unpaired) electrons. The number of nitrogens with zero attached hydrogens (tertiary/aromatic N) is 2. The van der Waals surface area contributed by atoms with Crippen molar-refractivity contribution in [2.45, 2.75) is 46.6 Å². The average molecular weight is 342 g/mol. The number of nitrogens with one attached hydrogen (secondary N) is 2. The molecule has 25 heavy (non-hydrogen) atoms. The van der Waals surface area contributed by atoms with Gasteiger partial charge in [-0.25, -0.2) is 4.68 Å². The van der Waals surface area contributed by atoms with Crippen LogP contribution < -0.4 is 10.6 Å². The number of benzene rings is 1. The van der Waals surface area contributed by atoms with Crippen LogP contribution in [0.15, 0.2) is 30.5 Å². The Bertz CT molecular complexity index is 755. The molecule has 0 aliphatic heterocycles. The molecule has 1 aromatic heterocycles. The fourth-order valence-electron chi connectivity index (χ4n) is 2.53. The van der Waals surface area contributed by atoms with E-state index in [0.29, 0.717) is 12.0 Å². The lowest BCUT2D eigenvalue weighted by atomic mass is 10.1. The Kier molecular flexibility index (Phi) is 5.62. The topological polar surface area (TPSA) is 76.0 Å². The lowest BCUT2D eigenvalue weighted by Crippen LogP contribution is -2.45. The summed E-state index contributed by atoms with van der Waals surface area (Å²) in [6.45, 7) is 9.63. The zero-order valence-corrected chi connectivity index (χ0v) is 15.5. The van der Waals surface area contributed by atoms with Crippen LogP contribution in [0.3, 0.4) is 0 Å². The molecule has 1 aromatic carbocycles. The number of hydrogen-bond donors (Lipinski definition) is 2. The van der Waals surface area contributed by atoms with Gasteiger partial charge in [0, 0.05) is 5.54 Å². The Hall–Kier alpha value is -2.63. The van der Waals surface area contributed by atoms with E-state index in [4.69, 9.17) is 0 Å². The second-order valence-corrected chi connectivity index (χ2v) is 7.09. The minimum absolute atomic E-state index is 0.0605. The van der Waals surface area contributed by atoms with Crippen LogP contribution in [0.1, 0.15) is 49.3 Å². The highest BCUT2D eigenvalue weighted by molar-refractivity contribution is 5.97. The van der Waals surface area contributed by atoms with Gasteiger partial charge in [0.05, 0.1) is 29.7 Å². The Balaban J connectivity index is 2.13. The molecule has 1 heterocycles.